The van der Waals surface area contributed by atoms with Crippen LogP contribution in [0.2, 0.25) is 0 Å². The van der Waals surface area contributed by atoms with E-state index < -0.39 is 5.54 Å². The molecule has 1 aliphatic rings. The molecular weight excluding hydrogens is 316 g/mol. The molecule has 3 N–H and O–H groups in total. The number of carbonyl (C=O) groups excluding carboxylic acids is 2. The minimum atomic E-state index is -0.434. The van der Waals surface area contributed by atoms with Crippen molar-refractivity contribution in [3.05, 3.63) is 35.4 Å². The second kappa shape index (κ2) is 8.31. The van der Waals surface area contributed by atoms with Crippen LogP contribution >= 0.6 is 12.4 Å². The Labute approximate surface area is 143 Å². The average molecular weight is 341 g/mol. The highest BCUT2D eigenvalue weighted by Gasteiger charge is 2.37. The molecule has 6 heteroatoms. The minimum absolute atomic E-state index is 0. The van der Waals surface area contributed by atoms with Gasteiger partial charge in [0.15, 0.2) is 0 Å². The third-order valence-corrected chi connectivity index (χ3v) is 4.39. The van der Waals surface area contributed by atoms with Crippen molar-refractivity contribution in [3.8, 4) is 0 Å². The van der Waals surface area contributed by atoms with E-state index in [2.05, 4.69) is 5.32 Å². The van der Waals surface area contributed by atoms with Gasteiger partial charge in [-0.2, -0.15) is 0 Å². The Morgan fingerprint density at radius 1 is 1.39 bits per heavy atom. The third-order valence-electron chi connectivity index (χ3n) is 4.39. The minimum Gasteiger partial charge on any atom is -0.465 e. The van der Waals surface area contributed by atoms with Gasteiger partial charge in [-0.05, 0) is 37.5 Å². The molecule has 0 bridgehead atoms. The molecular formula is C17H25ClN2O3. The highest BCUT2D eigenvalue weighted by molar-refractivity contribution is 5.89. The highest BCUT2D eigenvalue weighted by Crippen LogP contribution is 2.31. The smallest absolute Gasteiger partial charge is 0.337 e. The standard InChI is InChI=1S/C17H24N2O3.ClH/c1-17(18)9-4-3-8-14(17)15(20)19-11-12-6-5-7-13(10-12)16(21)22-2;/h5-7,10,14H,3-4,8-9,11,18H2,1-2H3,(H,19,20);1H. The lowest BCUT2D eigenvalue weighted by molar-refractivity contribution is -0.128. The van der Waals surface area contributed by atoms with Gasteiger partial charge in [-0.25, -0.2) is 4.79 Å². The van der Waals surface area contributed by atoms with E-state index in [4.69, 9.17) is 10.5 Å². The van der Waals surface area contributed by atoms with E-state index in [1.165, 1.54) is 7.11 Å². The maximum Gasteiger partial charge on any atom is 0.337 e. The van der Waals surface area contributed by atoms with Crippen molar-refractivity contribution in [2.45, 2.75) is 44.7 Å². The molecule has 1 aromatic rings. The molecule has 1 fully saturated rings. The predicted molar refractivity (Wildman–Crippen MR) is 91.4 cm³/mol. The number of nitrogens with two attached hydrogens (primary N) is 1. The summed E-state index contributed by atoms with van der Waals surface area (Å²) in [6.45, 7) is 2.34. The fraction of sp³-hybridized carbons (Fsp3) is 0.529. The van der Waals surface area contributed by atoms with E-state index in [1.54, 1.807) is 18.2 Å². The predicted octanol–water partition coefficient (Wildman–Crippen LogP) is 2.42. The lowest BCUT2D eigenvalue weighted by atomic mass is 9.74. The van der Waals surface area contributed by atoms with Gasteiger partial charge in [-0.1, -0.05) is 25.0 Å². The summed E-state index contributed by atoms with van der Waals surface area (Å²) in [5, 5.41) is 2.94. The molecule has 23 heavy (non-hydrogen) atoms. The first-order valence-corrected chi connectivity index (χ1v) is 7.68. The van der Waals surface area contributed by atoms with Crippen LogP contribution in [0.5, 0.6) is 0 Å². The van der Waals surface area contributed by atoms with Gasteiger partial charge in [-0.15, -0.1) is 12.4 Å². The number of methoxy groups -OCH3 is 1. The number of ether oxygens (including phenoxy) is 1. The lowest BCUT2D eigenvalue weighted by Gasteiger charge is -2.37. The van der Waals surface area contributed by atoms with Crippen molar-refractivity contribution >= 4 is 24.3 Å². The lowest BCUT2D eigenvalue weighted by Crippen LogP contribution is -2.52. The fourth-order valence-electron chi connectivity index (χ4n) is 3.03. The molecule has 0 spiro atoms. The third kappa shape index (κ3) is 4.94. The topological polar surface area (TPSA) is 81.4 Å². The van der Waals surface area contributed by atoms with E-state index in [1.807, 2.05) is 13.0 Å². The van der Waals surface area contributed by atoms with Gasteiger partial charge in [0, 0.05) is 12.1 Å². The second-order valence-electron chi connectivity index (χ2n) is 6.21. The Bertz CT molecular complexity index is 561. The SMILES string of the molecule is COC(=O)c1cccc(CNC(=O)C2CCCCC2(C)N)c1.Cl. The molecule has 1 aliphatic carbocycles. The summed E-state index contributed by atoms with van der Waals surface area (Å²) in [7, 11) is 1.35. The number of hydrogen-bond acceptors (Lipinski definition) is 4. The second-order valence-corrected chi connectivity index (χ2v) is 6.21. The van der Waals surface area contributed by atoms with Crippen LogP contribution < -0.4 is 11.1 Å². The number of amides is 1. The van der Waals surface area contributed by atoms with E-state index in [0.717, 1.165) is 31.2 Å². The van der Waals surface area contributed by atoms with E-state index in [-0.39, 0.29) is 30.2 Å². The molecule has 128 valence electrons. The number of nitrogens with one attached hydrogen (secondary N) is 1. The molecule has 2 atom stereocenters. The molecule has 1 amide bonds. The zero-order valence-corrected chi connectivity index (χ0v) is 14.4. The fourth-order valence-corrected chi connectivity index (χ4v) is 3.03. The van der Waals surface area contributed by atoms with Gasteiger partial charge in [0.2, 0.25) is 5.91 Å². The molecule has 1 aromatic carbocycles. The maximum atomic E-state index is 12.4. The molecule has 0 aliphatic heterocycles. The zero-order valence-electron chi connectivity index (χ0n) is 13.6. The molecule has 1 saturated carbocycles. The Hall–Kier alpha value is -1.59. The summed E-state index contributed by atoms with van der Waals surface area (Å²) >= 11 is 0. The highest BCUT2D eigenvalue weighted by atomic mass is 35.5. The summed E-state index contributed by atoms with van der Waals surface area (Å²) in [5.74, 6) is -0.534. The van der Waals surface area contributed by atoms with Crippen molar-refractivity contribution in [2.24, 2.45) is 11.7 Å². The van der Waals surface area contributed by atoms with Gasteiger partial charge >= 0.3 is 5.97 Å². The van der Waals surface area contributed by atoms with Gasteiger partial charge in [-0.3, -0.25) is 4.79 Å². The molecule has 2 unspecified atom stereocenters. The van der Waals surface area contributed by atoms with E-state index in [9.17, 15) is 9.59 Å². The first kappa shape index (κ1) is 19.5. The van der Waals surface area contributed by atoms with Crippen LogP contribution in [0.4, 0.5) is 0 Å². The van der Waals surface area contributed by atoms with Gasteiger partial charge in [0.1, 0.15) is 0 Å². The Balaban J connectivity index is 0.00000264. The molecule has 5 nitrogen and oxygen atoms in total. The summed E-state index contributed by atoms with van der Waals surface area (Å²) in [6, 6.07) is 7.07. The van der Waals surface area contributed by atoms with Crippen molar-refractivity contribution in [1.29, 1.82) is 0 Å². The number of rotatable bonds is 4. The number of esters is 1. The largest absolute Gasteiger partial charge is 0.465 e. The Morgan fingerprint density at radius 3 is 2.78 bits per heavy atom. The summed E-state index contributed by atoms with van der Waals surface area (Å²) in [6.07, 6.45) is 3.84. The zero-order chi connectivity index (χ0) is 16.2. The summed E-state index contributed by atoms with van der Waals surface area (Å²) in [5.41, 5.74) is 7.17. The van der Waals surface area contributed by atoms with Crippen LogP contribution in [0.3, 0.4) is 0 Å². The van der Waals surface area contributed by atoms with E-state index in [0.29, 0.717) is 12.1 Å². The van der Waals surface area contributed by atoms with Crippen LogP contribution in [0.25, 0.3) is 0 Å². The van der Waals surface area contributed by atoms with Crippen LogP contribution in [0.15, 0.2) is 24.3 Å². The number of carbonyl (C=O) groups is 2. The van der Waals surface area contributed by atoms with Crippen LogP contribution in [0.1, 0.15) is 48.5 Å². The van der Waals surface area contributed by atoms with Crippen LogP contribution in [-0.2, 0) is 16.1 Å². The first-order valence-electron chi connectivity index (χ1n) is 7.68. The molecule has 0 saturated heterocycles. The quantitative estimate of drug-likeness (QED) is 0.825. The van der Waals surface area contributed by atoms with E-state index >= 15 is 0 Å². The van der Waals surface area contributed by atoms with Crippen molar-refractivity contribution in [1.82, 2.24) is 5.32 Å². The molecule has 2 rings (SSSR count). The monoisotopic (exact) mass is 340 g/mol. The van der Waals surface area contributed by atoms with Gasteiger partial charge < -0.3 is 15.8 Å². The number of benzene rings is 1. The van der Waals surface area contributed by atoms with Gasteiger partial charge in [0.25, 0.3) is 0 Å². The van der Waals surface area contributed by atoms with Gasteiger partial charge in [0.05, 0.1) is 18.6 Å². The molecule has 0 heterocycles. The molecule has 0 radical (unpaired) electrons. The first-order chi connectivity index (χ1) is 10.4. The normalized spacial score (nSPS) is 23.5. The van der Waals surface area contributed by atoms with Crippen LogP contribution in [-0.4, -0.2) is 24.5 Å². The Morgan fingerprint density at radius 2 is 2.13 bits per heavy atom. The summed E-state index contributed by atoms with van der Waals surface area (Å²) < 4.78 is 4.70. The number of hydrogen-bond donors (Lipinski definition) is 2. The Kier molecular flexibility index (Phi) is 7.03. The van der Waals surface area contributed by atoms with Crippen molar-refractivity contribution in [2.75, 3.05) is 7.11 Å². The maximum absolute atomic E-state index is 12.4. The van der Waals surface area contributed by atoms with Crippen molar-refractivity contribution < 1.29 is 14.3 Å². The van der Waals surface area contributed by atoms with Crippen molar-refractivity contribution in [3.63, 3.8) is 0 Å². The average Bonchev–Trinajstić information content (AvgIpc) is 2.51. The summed E-state index contributed by atoms with van der Waals surface area (Å²) in [4.78, 5) is 23.9. The number of halogens is 1. The van der Waals surface area contributed by atoms with Crippen LogP contribution in [0, 0.1) is 5.92 Å². The molecule has 0 aromatic heterocycles.